The first kappa shape index (κ1) is 26.7. The lowest BCUT2D eigenvalue weighted by Crippen LogP contribution is -2.16. The van der Waals surface area contributed by atoms with Crippen LogP contribution in [0.3, 0.4) is 0 Å². The Morgan fingerprint density at radius 3 is 2.16 bits per heavy atom. The number of nitrogens with zero attached hydrogens (tertiary/aromatic N) is 1. The van der Waals surface area contributed by atoms with E-state index in [0.29, 0.717) is 17.1 Å². The summed E-state index contributed by atoms with van der Waals surface area (Å²) in [6.07, 6.45) is 8.90. The van der Waals surface area contributed by atoms with Crippen LogP contribution in [0.4, 0.5) is 13.2 Å². The SMILES string of the molecule is C=CCOC(=C)/C(F)=C(/F)C(=C)C(=C)/C=C\C(=C)C(=C)/C=C(/F)C(=C)C1CCC(C)C=N1. The molecule has 0 saturated carbocycles. The van der Waals surface area contributed by atoms with Crippen molar-refractivity contribution in [3.05, 3.63) is 121 Å². The smallest absolute Gasteiger partial charge is 0.200 e. The van der Waals surface area contributed by atoms with Gasteiger partial charge in [-0.3, -0.25) is 4.99 Å². The molecule has 0 aliphatic carbocycles. The van der Waals surface area contributed by atoms with E-state index in [-0.39, 0.29) is 29.4 Å². The highest BCUT2D eigenvalue weighted by molar-refractivity contribution is 5.62. The molecule has 170 valence electrons. The first-order chi connectivity index (χ1) is 15.0. The van der Waals surface area contributed by atoms with Gasteiger partial charge in [-0.2, -0.15) is 4.39 Å². The van der Waals surface area contributed by atoms with Gasteiger partial charge in [-0.1, -0.05) is 71.2 Å². The van der Waals surface area contributed by atoms with Crippen LogP contribution in [0.2, 0.25) is 0 Å². The van der Waals surface area contributed by atoms with Crippen LogP contribution in [0.25, 0.3) is 0 Å². The average Bonchev–Trinajstić information content (AvgIpc) is 2.78. The second-order valence-electron chi connectivity index (χ2n) is 7.42. The fourth-order valence-electron chi connectivity index (χ4n) is 2.61. The van der Waals surface area contributed by atoms with Gasteiger partial charge in [0.1, 0.15) is 12.4 Å². The van der Waals surface area contributed by atoms with Gasteiger partial charge in [0.2, 0.25) is 5.83 Å². The van der Waals surface area contributed by atoms with Crippen molar-refractivity contribution in [1.82, 2.24) is 0 Å². The fraction of sp³-hybridized carbons (Fsp3) is 0.222. The third-order valence-electron chi connectivity index (χ3n) is 4.79. The summed E-state index contributed by atoms with van der Waals surface area (Å²) in [4.78, 5) is 4.34. The van der Waals surface area contributed by atoms with Gasteiger partial charge in [0.15, 0.2) is 11.6 Å². The van der Waals surface area contributed by atoms with Gasteiger partial charge in [-0.15, -0.1) is 0 Å². The second-order valence-corrected chi connectivity index (χ2v) is 7.42. The van der Waals surface area contributed by atoms with E-state index in [1.165, 1.54) is 24.3 Å². The molecule has 0 amide bonds. The molecule has 0 aromatic rings. The molecule has 1 aliphatic heterocycles. The summed E-state index contributed by atoms with van der Waals surface area (Å²) in [5.41, 5.74) is 0.722. The maximum atomic E-state index is 14.6. The van der Waals surface area contributed by atoms with Gasteiger partial charge >= 0.3 is 0 Å². The van der Waals surface area contributed by atoms with Crippen LogP contribution in [0.15, 0.2) is 126 Å². The van der Waals surface area contributed by atoms with Crippen LogP contribution in [0, 0.1) is 5.92 Å². The van der Waals surface area contributed by atoms with Crippen LogP contribution >= 0.6 is 0 Å². The zero-order chi connectivity index (χ0) is 24.4. The van der Waals surface area contributed by atoms with Crippen molar-refractivity contribution >= 4 is 6.21 Å². The number of hydrogen-bond donors (Lipinski definition) is 0. The van der Waals surface area contributed by atoms with E-state index in [4.69, 9.17) is 4.74 Å². The summed E-state index contributed by atoms with van der Waals surface area (Å²) in [5, 5.41) is 0. The van der Waals surface area contributed by atoms with Gasteiger partial charge in [0.05, 0.1) is 6.04 Å². The van der Waals surface area contributed by atoms with Crippen molar-refractivity contribution in [3.63, 3.8) is 0 Å². The van der Waals surface area contributed by atoms with E-state index >= 15 is 0 Å². The molecule has 32 heavy (non-hydrogen) atoms. The minimum Gasteiger partial charge on any atom is -0.487 e. The monoisotopic (exact) mass is 441 g/mol. The van der Waals surface area contributed by atoms with Gasteiger partial charge < -0.3 is 4.74 Å². The molecule has 1 rings (SSSR count). The minimum atomic E-state index is -1.28. The van der Waals surface area contributed by atoms with Crippen LogP contribution < -0.4 is 0 Å². The number of rotatable bonds is 12. The van der Waals surface area contributed by atoms with Crippen molar-refractivity contribution in [2.75, 3.05) is 6.61 Å². The molecule has 0 radical (unpaired) electrons. The summed E-state index contributed by atoms with van der Waals surface area (Å²) in [5.74, 6) is -3.16. The lowest BCUT2D eigenvalue weighted by atomic mass is 9.94. The van der Waals surface area contributed by atoms with E-state index in [9.17, 15) is 13.2 Å². The predicted molar refractivity (Wildman–Crippen MR) is 129 cm³/mol. The number of ether oxygens (including phenoxy) is 1. The number of halogens is 3. The normalized spacial score (nSPS) is 19.2. The quantitative estimate of drug-likeness (QED) is 0.171. The highest BCUT2D eigenvalue weighted by Crippen LogP contribution is 2.28. The van der Waals surface area contributed by atoms with Gasteiger partial charge in [0, 0.05) is 17.4 Å². The van der Waals surface area contributed by atoms with Crippen molar-refractivity contribution in [1.29, 1.82) is 0 Å². The Hall–Kier alpha value is -3.34. The number of allylic oxidation sites excluding steroid dienone is 9. The molecule has 0 saturated heterocycles. The van der Waals surface area contributed by atoms with Crippen molar-refractivity contribution < 1.29 is 17.9 Å². The molecule has 0 N–H and O–H groups in total. The van der Waals surface area contributed by atoms with Crippen LogP contribution in [-0.2, 0) is 4.74 Å². The molecule has 0 spiro atoms. The summed E-state index contributed by atoms with van der Waals surface area (Å²) < 4.78 is 47.8. The Morgan fingerprint density at radius 2 is 1.59 bits per heavy atom. The van der Waals surface area contributed by atoms with E-state index in [1.54, 1.807) is 0 Å². The van der Waals surface area contributed by atoms with E-state index in [0.717, 1.165) is 12.8 Å². The van der Waals surface area contributed by atoms with Crippen molar-refractivity contribution in [3.8, 4) is 0 Å². The third-order valence-corrected chi connectivity index (χ3v) is 4.79. The second kappa shape index (κ2) is 12.5. The molecular formula is C27H30F3NO. The Kier molecular flexibility index (Phi) is 10.4. The van der Waals surface area contributed by atoms with E-state index < -0.39 is 23.2 Å². The number of aliphatic imine (C=N–C) groups is 1. The third kappa shape index (κ3) is 7.73. The Balaban J connectivity index is 2.80. The topological polar surface area (TPSA) is 21.6 Å². The van der Waals surface area contributed by atoms with Gasteiger partial charge in [-0.25, -0.2) is 8.78 Å². The molecule has 1 heterocycles. The largest absolute Gasteiger partial charge is 0.487 e. The molecule has 5 heteroatoms. The fourth-order valence-corrected chi connectivity index (χ4v) is 2.61. The van der Waals surface area contributed by atoms with Crippen LogP contribution in [-0.4, -0.2) is 18.9 Å². The first-order valence-corrected chi connectivity index (χ1v) is 10.0. The van der Waals surface area contributed by atoms with Gasteiger partial charge in [-0.05, 0) is 41.6 Å². The molecule has 0 fully saturated rings. The zero-order valence-electron chi connectivity index (χ0n) is 18.6. The molecule has 0 aromatic heterocycles. The molecule has 2 unspecified atom stereocenters. The van der Waals surface area contributed by atoms with Gasteiger partial charge in [0.25, 0.3) is 0 Å². The zero-order valence-corrected chi connectivity index (χ0v) is 18.6. The molecule has 2 nitrogen and oxygen atoms in total. The molecule has 0 aromatic carbocycles. The summed E-state index contributed by atoms with van der Waals surface area (Å²) >= 11 is 0. The van der Waals surface area contributed by atoms with Crippen LogP contribution in [0.5, 0.6) is 0 Å². The van der Waals surface area contributed by atoms with Crippen molar-refractivity contribution in [2.45, 2.75) is 25.8 Å². The summed E-state index contributed by atoms with van der Waals surface area (Å²) in [6.45, 7) is 27.3. The maximum Gasteiger partial charge on any atom is 0.200 e. The summed E-state index contributed by atoms with van der Waals surface area (Å²) in [6, 6.07) is -0.294. The number of hydrogen-bond acceptors (Lipinski definition) is 2. The highest BCUT2D eigenvalue weighted by atomic mass is 19.2. The molecule has 2 atom stereocenters. The lowest BCUT2D eigenvalue weighted by molar-refractivity contribution is 0.241. The van der Waals surface area contributed by atoms with E-state index in [1.807, 2.05) is 6.21 Å². The first-order valence-electron chi connectivity index (χ1n) is 10.0. The predicted octanol–water partition coefficient (Wildman–Crippen LogP) is 7.91. The average molecular weight is 442 g/mol. The molecular weight excluding hydrogens is 411 g/mol. The molecule has 0 bridgehead atoms. The van der Waals surface area contributed by atoms with Crippen LogP contribution in [0.1, 0.15) is 19.8 Å². The Labute approximate surface area is 189 Å². The Morgan fingerprint density at radius 1 is 0.969 bits per heavy atom. The highest BCUT2D eigenvalue weighted by Gasteiger charge is 2.19. The maximum absolute atomic E-state index is 14.6. The lowest BCUT2D eigenvalue weighted by Gasteiger charge is -2.20. The molecule has 1 aliphatic rings. The standard InChI is InChI=1S/C27H30F3NO/c1-9-14-32-23(8)27(30)26(29)21(6)19(4)12-11-18(3)20(5)15-24(28)22(7)25-13-10-17(2)16-31-25/h9,11-12,15-17,25H,1,3-8,10,13-14H2,2H3/b12-11-,24-15+,27-26-. The van der Waals surface area contributed by atoms with E-state index in [2.05, 4.69) is 58.0 Å². The summed E-state index contributed by atoms with van der Waals surface area (Å²) in [7, 11) is 0. The Bertz CT molecular complexity index is 959. The van der Waals surface area contributed by atoms with Crippen molar-refractivity contribution in [2.24, 2.45) is 10.9 Å². The minimum absolute atomic E-state index is 0.0164.